The zero-order chi connectivity index (χ0) is 15.1. The van der Waals surface area contributed by atoms with Gasteiger partial charge in [-0.15, -0.1) is 0 Å². The monoisotopic (exact) mass is 291 g/mol. The number of nitrogens with zero attached hydrogens (tertiary/aromatic N) is 4. The van der Waals surface area contributed by atoms with Crippen molar-refractivity contribution in [1.29, 1.82) is 0 Å². The first-order chi connectivity index (χ1) is 10.3. The van der Waals surface area contributed by atoms with Gasteiger partial charge in [-0.3, -0.25) is 0 Å². The smallest absolute Gasteiger partial charge is 0.254 e. The van der Waals surface area contributed by atoms with Gasteiger partial charge in [-0.2, -0.15) is 14.6 Å². The summed E-state index contributed by atoms with van der Waals surface area (Å²) >= 11 is 0. The molecule has 0 fully saturated rings. The molecule has 0 aromatic carbocycles. The number of hydrogen-bond donors (Lipinski definition) is 1. The van der Waals surface area contributed by atoms with E-state index in [2.05, 4.69) is 22.0 Å². The van der Waals surface area contributed by atoms with E-state index in [0.717, 1.165) is 24.1 Å². The van der Waals surface area contributed by atoms with Crippen LogP contribution in [0.3, 0.4) is 0 Å². The molecule has 0 spiro atoms. The van der Waals surface area contributed by atoms with Gasteiger partial charge in [0.2, 0.25) is 0 Å². The van der Waals surface area contributed by atoms with Gasteiger partial charge in [0.15, 0.2) is 0 Å². The summed E-state index contributed by atoms with van der Waals surface area (Å²) in [6.07, 6.45) is 9.93. The summed E-state index contributed by atoms with van der Waals surface area (Å²) in [6.45, 7) is 2.69. The molecule has 2 rings (SSSR count). The number of methoxy groups -OCH3 is 1. The molecule has 2 N–H and O–H groups in total. The first kappa shape index (κ1) is 15.7. The van der Waals surface area contributed by atoms with Crippen molar-refractivity contribution in [3.05, 3.63) is 17.6 Å². The van der Waals surface area contributed by atoms with Gasteiger partial charge < -0.3 is 10.5 Å². The number of fused-ring (bicyclic) bond motifs is 1. The molecule has 6 nitrogen and oxygen atoms in total. The summed E-state index contributed by atoms with van der Waals surface area (Å²) in [6, 6.07) is 0. The SMILES string of the molecule is CCCCCCCCc1c(COC)nc2ncnn2c1N. The molecule has 21 heavy (non-hydrogen) atoms. The molecule has 0 saturated carbocycles. The molecule has 2 aromatic rings. The summed E-state index contributed by atoms with van der Waals surface area (Å²) in [7, 11) is 1.67. The van der Waals surface area contributed by atoms with E-state index in [4.69, 9.17) is 10.5 Å². The van der Waals surface area contributed by atoms with E-state index in [0.29, 0.717) is 18.2 Å². The molecular weight excluding hydrogens is 266 g/mol. The van der Waals surface area contributed by atoms with Crippen LogP contribution in [0.2, 0.25) is 0 Å². The summed E-state index contributed by atoms with van der Waals surface area (Å²) in [5.41, 5.74) is 8.15. The predicted octanol–water partition coefficient (Wildman–Crippen LogP) is 2.76. The lowest BCUT2D eigenvalue weighted by molar-refractivity contribution is 0.180. The fourth-order valence-corrected chi connectivity index (χ4v) is 2.56. The van der Waals surface area contributed by atoms with Crippen molar-refractivity contribution in [2.24, 2.45) is 0 Å². The van der Waals surface area contributed by atoms with Crippen LogP contribution in [0.15, 0.2) is 6.33 Å². The van der Waals surface area contributed by atoms with E-state index in [1.807, 2.05) is 0 Å². The number of hydrogen-bond acceptors (Lipinski definition) is 5. The van der Waals surface area contributed by atoms with Gasteiger partial charge in [0.05, 0.1) is 12.3 Å². The Morgan fingerprint density at radius 2 is 1.95 bits per heavy atom. The molecule has 0 saturated heterocycles. The Kier molecular flexibility index (Phi) is 5.92. The highest BCUT2D eigenvalue weighted by atomic mass is 16.5. The fourth-order valence-electron chi connectivity index (χ4n) is 2.56. The highest BCUT2D eigenvalue weighted by Gasteiger charge is 2.14. The summed E-state index contributed by atoms with van der Waals surface area (Å²) in [4.78, 5) is 8.60. The number of anilines is 1. The number of nitrogens with two attached hydrogens (primary N) is 1. The van der Waals surface area contributed by atoms with Crippen molar-refractivity contribution < 1.29 is 4.74 Å². The van der Waals surface area contributed by atoms with Gasteiger partial charge in [-0.05, 0) is 12.8 Å². The normalized spacial score (nSPS) is 11.3. The lowest BCUT2D eigenvalue weighted by Crippen LogP contribution is -2.11. The minimum Gasteiger partial charge on any atom is -0.383 e. The third-order valence-electron chi connectivity index (χ3n) is 3.71. The fraction of sp³-hybridized carbons (Fsp3) is 0.667. The highest BCUT2D eigenvalue weighted by Crippen LogP contribution is 2.20. The zero-order valence-electron chi connectivity index (χ0n) is 13.0. The topological polar surface area (TPSA) is 78.3 Å². The van der Waals surface area contributed by atoms with Crippen LogP contribution in [0.4, 0.5) is 5.82 Å². The van der Waals surface area contributed by atoms with Crippen molar-refractivity contribution in [3.63, 3.8) is 0 Å². The molecule has 0 aliphatic rings. The minimum absolute atomic E-state index is 0.457. The van der Waals surface area contributed by atoms with E-state index in [9.17, 15) is 0 Å². The average molecular weight is 291 g/mol. The summed E-state index contributed by atoms with van der Waals surface area (Å²) in [5.74, 6) is 1.17. The van der Waals surface area contributed by atoms with Crippen molar-refractivity contribution >= 4 is 11.6 Å². The van der Waals surface area contributed by atoms with Crippen LogP contribution in [0.1, 0.15) is 56.7 Å². The van der Waals surface area contributed by atoms with E-state index in [1.165, 1.54) is 38.4 Å². The Morgan fingerprint density at radius 3 is 2.71 bits per heavy atom. The van der Waals surface area contributed by atoms with Crippen LogP contribution in [0.5, 0.6) is 0 Å². The van der Waals surface area contributed by atoms with Crippen molar-refractivity contribution in [1.82, 2.24) is 19.6 Å². The molecule has 0 aliphatic heterocycles. The van der Waals surface area contributed by atoms with E-state index < -0.39 is 0 Å². The maximum atomic E-state index is 6.22. The molecule has 6 heteroatoms. The molecule has 0 unspecified atom stereocenters. The minimum atomic E-state index is 0.457. The van der Waals surface area contributed by atoms with Crippen LogP contribution >= 0.6 is 0 Å². The van der Waals surface area contributed by atoms with Crippen molar-refractivity contribution in [2.75, 3.05) is 12.8 Å². The first-order valence-electron chi connectivity index (χ1n) is 7.73. The lowest BCUT2D eigenvalue weighted by Gasteiger charge is -2.12. The molecular formula is C15H25N5O. The van der Waals surface area contributed by atoms with Crippen molar-refractivity contribution in [3.8, 4) is 0 Å². The van der Waals surface area contributed by atoms with Gasteiger partial charge in [0.1, 0.15) is 12.1 Å². The Balaban J connectivity index is 2.05. The molecule has 0 amide bonds. The number of unbranched alkanes of at least 4 members (excludes halogenated alkanes) is 5. The van der Waals surface area contributed by atoms with Crippen LogP contribution in [0.25, 0.3) is 5.78 Å². The number of aromatic nitrogens is 4. The Hall–Kier alpha value is -1.69. The first-order valence-corrected chi connectivity index (χ1v) is 7.73. The summed E-state index contributed by atoms with van der Waals surface area (Å²) < 4.78 is 6.84. The number of nitrogen functional groups attached to an aromatic ring is 1. The molecule has 0 radical (unpaired) electrons. The van der Waals surface area contributed by atoms with Gasteiger partial charge in [-0.25, -0.2) is 4.98 Å². The predicted molar refractivity (Wildman–Crippen MR) is 83.0 cm³/mol. The third kappa shape index (κ3) is 3.91. The largest absolute Gasteiger partial charge is 0.383 e. The number of ether oxygens (including phenoxy) is 1. The average Bonchev–Trinajstić information content (AvgIpc) is 2.94. The van der Waals surface area contributed by atoms with Crippen LogP contribution in [0, 0.1) is 0 Å². The second kappa shape index (κ2) is 7.93. The molecule has 2 heterocycles. The maximum absolute atomic E-state index is 6.22. The Morgan fingerprint density at radius 1 is 1.19 bits per heavy atom. The lowest BCUT2D eigenvalue weighted by atomic mass is 10.0. The van der Waals surface area contributed by atoms with E-state index in [-0.39, 0.29) is 0 Å². The second-order valence-corrected chi connectivity index (χ2v) is 5.34. The quantitative estimate of drug-likeness (QED) is 0.719. The molecule has 0 atom stereocenters. The van der Waals surface area contributed by atoms with Crippen LogP contribution in [-0.4, -0.2) is 26.7 Å². The molecule has 116 valence electrons. The maximum Gasteiger partial charge on any atom is 0.254 e. The Labute approximate surface area is 125 Å². The highest BCUT2D eigenvalue weighted by molar-refractivity contribution is 5.49. The molecule has 2 aromatic heterocycles. The van der Waals surface area contributed by atoms with Gasteiger partial charge in [-0.1, -0.05) is 39.0 Å². The standard InChI is InChI=1S/C15H25N5O/c1-3-4-5-6-7-8-9-12-13(10-21-2)19-15-17-11-18-20(15)14(12)16/h11H,3-10,16H2,1-2H3. The van der Waals surface area contributed by atoms with Gasteiger partial charge in [0.25, 0.3) is 5.78 Å². The summed E-state index contributed by atoms with van der Waals surface area (Å²) in [5, 5.41) is 4.13. The Bertz CT molecular complexity index is 566. The van der Waals surface area contributed by atoms with Gasteiger partial charge >= 0.3 is 0 Å². The van der Waals surface area contributed by atoms with Crippen LogP contribution in [-0.2, 0) is 17.8 Å². The van der Waals surface area contributed by atoms with Crippen molar-refractivity contribution in [2.45, 2.75) is 58.5 Å². The zero-order valence-corrected chi connectivity index (χ0v) is 13.0. The third-order valence-corrected chi connectivity index (χ3v) is 3.71. The van der Waals surface area contributed by atoms with Crippen LogP contribution < -0.4 is 5.73 Å². The number of rotatable bonds is 9. The second-order valence-electron chi connectivity index (χ2n) is 5.34. The van der Waals surface area contributed by atoms with E-state index in [1.54, 1.807) is 11.6 Å². The molecule has 0 aliphatic carbocycles. The van der Waals surface area contributed by atoms with E-state index >= 15 is 0 Å². The molecule has 0 bridgehead atoms. The van der Waals surface area contributed by atoms with Gasteiger partial charge in [0, 0.05) is 12.7 Å².